The van der Waals surface area contributed by atoms with Crippen LogP contribution in [0.3, 0.4) is 0 Å². The van der Waals surface area contributed by atoms with Gasteiger partial charge in [0.1, 0.15) is 5.82 Å². The maximum atomic E-state index is 12.8. The first-order chi connectivity index (χ1) is 12.4. The van der Waals surface area contributed by atoms with Crippen molar-refractivity contribution in [1.82, 2.24) is 14.8 Å². The Morgan fingerprint density at radius 1 is 1.15 bits per heavy atom. The summed E-state index contributed by atoms with van der Waals surface area (Å²) in [6, 6.07) is 4.75. The first-order valence-corrected chi connectivity index (χ1v) is 10.3. The third-order valence-corrected chi connectivity index (χ3v) is 6.18. The molecule has 26 heavy (non-hydrogen) atoms. The highest BCUT2D eigenvalue weighted by atomic mass is 32.2. The molecule has 2 saturated carbocycles. The standard InChI is InChI=1S/C20H26N4OS/c1-11-9-12(2)17(13(3)10-11)21-19(25)14(4)26-20-23-22-18(15-5-6-15)24(20)16-7-8-16/h9-10,14-16H,5-8H2,1-4H3,(H,21,25). The zero-order chi connectivity index (χ0) is 18.4. The van der Waals surface area contributed by atoms with Crippen LogP contribution >= 0.6 is 11.8 Å². The first kappa shape index (κ1) is 17.6. The summed E-state index contributed by atoms with van der Waals surface area (Å²) in [4.78, 5) is 12.8. The normalized spacial score (nSPS) is 18.0. The number of carbonyl (C=O) groups is 1. The average Bonchev–Trinajstić information content (AvgIpc) is 3.49. The lowest BCUT2D eigenvalue weighted by Gasteiger charge is -2.16. The van der Waals surface area contributed by atoms with Gasteiger partial charge in [-0.3, -0.25) is 4.79 Å². The van der Waals surface area contributed by atoms with Crippen LogP contribution in [-0.2, 0) is 4.79 Å². The molecule has 6 heteroatoms. The van der Waals surface area contributed by atoms with Crippen LogP contribution in [0.1, 0.15) is 67.1 Å². The van der Waals surface area contributed by atoms with Crippen LogP contribution in [0.4, 0.5) is 5.69 Å². The molecular formula is C20H26N4OS. The van der Waals surface area contributed by atoms with E-state index < -0.39 is 0 Å². The number of nitrogens with zero attached hydrogens (tertiary/aromatic N) is 3. The van der Waals surface area contributed by atoms with Crippen LogP contribution in [0.15, 0.2) is 17.3 Å². The van der Waals surface area contributed by atoms with E-state index >= 15 is 0 Å². The van der Waals surface area contributed by atoms with Gasteiger partial charge in [0.2, 0.25) is 5.91 Å². The number of amides is 1. The van der Waals surface area contributed by atoms with Crippen molar-refractivity contribution in [2.45, 2.75) is 75.7 Å². The molecule has 2 fully saturated rings. The molecule has 1 heterocycles. The molecule has 0 bridgehead atoms. The first-order valence-electron chi connectivity index (χ1n) is 9.44. The molecule has 2 aliphatic rings. The third kappa shape index (κ3) is 3.52. The van der Waals surface area contributed by atoms with Gasteiger partial charge in [0.15, 0.2) is 5.16 Å². The van der Waals surface area contributed by atoms with Crippen molar-refractivity contribution in [2.24, 2.45) is 0 Å². The van der Waals surface area contributed by atoms with E-state index in [2.05, 4.69) is 39.1 Å². The van der Waals surface area contributed by atoms with Gasteiger partial charge < -0.3 is 9.88 Å². The maximum absolute atomic E-state index is 12.8. The lowest BCUT2D eigenvalue weighted by atomic mass is 10.1. The van der Waals surface area contributed by atoms with Crippen LogP contribution in [-0.4, -0.2) is 25.9 Å². The molecule has 0 spiro atoms. The van der Waals surface area contributed by atoms with Gasteiger partial charge in [0, 0.05) is 17.6 Å². The molecule has 1 aromatic heterocycles. The van der Waals surface area contributed by atoms with Crippen LogP contribution < -0.4 is 5.32 Å². The summed E-state index contributed by atoms with van der Waals surface area (Å²) < 4.78 is 2.30. The molecule has 0 radical (unpaired) electrons. The summed E-state index contributed by atoms with van der Waals surface area (Å²) in [6.45, 7) is 8.10. The van der Waals surface area contributed by atoms with Crippen molar-refractivity contribution in [2.75, 3.05) is 5.32 Å². The lowest BCUT2D eigenvalue weighted by Crippen LogP contribution is -2.24. The van der Waals surface area contributed by atoms with Crippen molar-refractivity contribution in [3.05, 3.63) is 34.6 Å². The number of benzene rings is 1. The van der Waals surface area contributed by atoms with Crippen LogP contribution in [0.5, 0.6) is 0 Å². The van der Waals surface area contributed by atoms with Crippen molar-refractivity contribution < 1.29 is 4.79 Å². The molecule has 2 aromatic rings. The molecule has 5 nitrogen and oxygen atoms in total. The number of aryl methyl sites for hydroxylation is 3. The van der Waals surface area contributed by atoms with Gasteiger partial charge in [-0.25, -0.2) is 0 Å². The number of hydrogen-bond acceptors (Lipinski definition) is 4. The largest absolute Gasteiger partial charge is 0.325 e. The molecule has 0 saturated heterocycles. The van der Waals surface area contributed by atoms with Gasteiger partial charge in [0.05, 0.1) is 5.25 Å². The van der Waals surface area contributed by atoms with Crippen LogP contribution in [0, 0.1) is 20.8 Å². The van der Waals surface area contributed by atoms with Gasteiger partial charge in [-0.2, -0.15) is 0 Å². The van der Waals surface area contributed by atoms with Crippen LogP contribution in [0.2, 0.25) is 0 Å². The molecule has 1 atom stereocenters. The SMILES string of the molecule is Cc1cc(C)c(NC(=O)C(C)Sc2nnc(C3CC3)n2C2CC2)c(C)c1. The zero-order valence-electron chi connectivity index (χ0n) is 15.9. The van der Waals surface area contributed by atoms with Crippen LogP contribution in [0.25, 0.3) is 0 Å². The molecule has 1 aromatic carbocycles. The highest BCUT2D eigenvalue weighted by molar-refractivity contribution is 8.00. The maximum Gasteiger partial charge on any atom is 0.237 e. The Labute approximate surface area is 159 Å². The third-order valence-electron chi connectivity index (χ3n) is 5.12. The molecule has 0 aliphatic heterocycles. The minimum atomic E-state index is -0.219. The molecule has 1 amide bonds. The monoisotopic (exact) mass is 370 g/mol. The van der Waals surface area contributed by atoms with Gasteiger partial charge in [-0.15, -0.1) is 10.2 Å². The quantitative estimate of drug-likeness (QED) is 0.759. The second-order valence-corrected chi connectivity index (χ2v) is 9.05. The number of hydrogen-bond donors (Lipinski definition) is 1. The number of rotatable bonds is 6. The highest BCUT2D eigenvalue weighted by Gasteiger charge is 2.37. The number of carbonyl (C=O) groups excluding carboxylic acids is 1. The summed E-state index contributed by atoms with van der Waals surface area (Å²) >= 11 is 1.52. The molecule has 1 unspecified atom stereocenters. The van der Waals surface area contributed by atoms with E-state index in [1.54, 1.807) is 0 Å². The Balaban J connectivity index is 1.48. The van der Waals surface area contributed by atoms with Crippen molar-refractivity contribution in [1.29, 1.82) is 0 Å². The predicted molar refractivity (Wildman–Crippen MR) is 105 cm³/mol. The molecule has 1 N–H and O–H groups in total. The van der Waals surface area contributed by atoms with Gasteiger partial charge in [-0.1, -0.05) is 29.5 Å². The molecule has 2 aliphatic carbocycles. The summed E-state index contributed by atoms with van der Waals surface area (Å²) in [5, 5.41) is 12.6. The Morgan fingerprint density at radius 3 is 2.38 bits per heavy atom. The summed E-state index contributed by atoms with van der Waals surface area (Å²) in [7, 11) is 0. The van der Waals surface area contributed by atoms with E-state index in [1.807, 2.05) is 20.8 Å². The van der Waals surface area contributed by atoms with E-state index in [0.717, 1.165) is 27.8 Å². The van der Waals surface area contributed by atoms with E-state index in [0.29, 0.717) is 12.0 Å². The minimum absolute atomic E-state index is 0.0170. The van der Waals surface area contributed by atoms with E-state index in [1.165, 1.54) is 43.0 Å². The molecule has 138 valence electrons. The Hall–Kier alpha value is -1.82. The zero-order valence-corrected chi connectivity index (χ0v) is 16.7. The fourth-order valence-corrected chi connectivity index (χ4v) is 4.40. The number of anilines is 1. The van der Waals surface area contributed by atoms with Gasteiger partial charge >= 0.3 is 0 Å². The summed E-state index contributed by atoms with van der Waals surface area (Å²) in [6.07, 6.45) is 4.84. The van der Waals surface area contributed by atoms with Crippen molar-refractivity contribution in [3.63, 3.8) is 0 Å². The second-order valence-electron chi connectivity index (χ2n) is 7.74. The van der Waals surface area contributed by atoms with Gasteiger partial charge in [-0.05, 0) is 64.5 Å². The number of aromatic nitrogens is 3. The topological polar surface area (TPSA) is 59.8 Å². The lowest BCUT2D eigenvalue weighted by molar-refractivity contribution is -0.115. The average molecular weight is 371 g/mol. The van der Waals surface area contributed by atoms with Crippen molar-refractivity contribution >= 4 is 23.4 Å². The van der Waals surface area contributed by atoms with E-state index in [4.69, 9.17) is 0 Å². The Morgan fingerprint density at radius 2 is 1.81 bits per heavy atom. The highest BCUT2D eigenvalue weighted by Crippen LogP contribution is 2.46. The molecule has 4 rings (SSSR count). The fraction of sp³-hybridized carbons (Fsp3) is 0.550. The summed E-state index contributed by atoms with van der Waals surface area (Å²) in [5.74, 6) is 1.73. The number of thioether (sulfide) groups is 1. The Kier molecular flexibility index (Phi) is 4.55. The Bertz CT molecular complexity index is 828. The smallest absolute Gasteiger partial charge is 0.237 e. The second kappa shape index (κ2) is 6.72. The molecular weight excluding hydrogens is 344 g/mol. The number of nitrogens with one attached hydrogen (secondary N) is 1. The van der Waals surface area contributed by atoms with Crippen molar-refractivity contribution in [3.8, 4) is 0 Å². The minimum Gasteiger partial charge on any atom is -0.325 e. The van der Waals surface area contributed by atoms with E-state index in [9.17, 15) is 4.79 Å². The van der Waals surface area contributed by atoms with E-state index in [-0.39, 0.29) is 11.2 Å². The summed E-state index contributed by atoms with van der Waals surface area (Å²) in [5.41, 5.74) is 4.34. The fourth-order valence-electron chi connectivity index (χ4n) is 3.48. The van der Waals surface area contributed by atoms with Gasteiger partial charge in [0.25, 0.3) is 0 Å². The predicted octanol–water partition coefficient (Wildman–Crippen LogP) is 4.53.